The van der Waals surface area contributed by atoms with Crippen molar-refractivity contribution in [2.75, 3.05) is 6.61 Å². The first kappa shape index (κ1) is 18.5. The van der Waals surface area contributed by atoms with E-state index in [0.29, 0.717) is 24.3 Å². The number of ether oxygens (including phenoxy) is 1. The van der Waals surface area contributed by atoms with Gasteiger partial charge in [-0.1, -0.05) is 12.1 Å². The third-order valence-electron chi connectivity index (χ3n) is 4.04. The molecule has 2 aromatic rings. The largest absolute Gasteiger partial charge is 0.494 e. The van der Waals surface area contributed by atoms with Gasteiger partial charge < -0.3 is 9.64 Å². The topological polar surface area (TPSA) is 53.3 Å². The fraction of sp³-hybridized carbons (Fsp3) is 0.333. The predicted octanol–water partition coefficient (Wildman–Crippen LogP) is 4.32. The molecular formula is C21H24N2O2. The fourth-order valence-corrected chi connectivity index (χ4v) is 2.64. The lowest BCUT2D eigenvalue weighted by Gasteiger charge is -2.27. The molecule has 130 valence electrons. The number of amides is 1. The summed E-state index contributed by atoms with van der Waals surface area (Å²) in [5.41, 5.74) is 3.23. The van der Waals surface area contributed by atoms with Crippen LogP contribution in [0, 0.1) is 18.3 Å². The van der Waals surface area contributed by atoms with Crippen molar-refractivity contribution in [1.29, 1.82) is 5.26 Å². The number of carbonyl (C=O) groups excluding carboxylic acids is 1. The maximum atomic E-state index is 13.0. The molecule has 0 N–H and O–H groups in total. The molecule has 1 amide bonds. The molecule has 0 aliphatic heterocycles. The summed E-state index contributed by atoms with van der Waals surface area (Å²) in [6.45, 7) is 9.00. The van der Waals surface area contributed by atoms with Gasteiger partial charge in [-0.3, -0.25) is 4.79 Å². The van der Waals surface area contributed by atoms with E-state index >= 15 is 0 Å². The van der Waals surface area contributed by atoms with E-state index < -0.39 is 0 Å². The second-order valence-electron chi connectivity index (χ2n) is 6.25. The Morgan fingerprint density at radius 1 is 1.20 bits per heavy atom. The van der Waals surface area contributed by atoms with Gasteiger partial charge in [0.1, 0.15) is 5.75 Å². The summed E-state index contributed by atoms with van der Waals surface area (Å²) < 4.78 is 5.55. The van der Waals surface area contributed by atoms with Crippen LogP contribution in [0.2, 0.25) is 0 Å². The zero-order valence-electron chi connectivity index (χ0n) is 15.2. The van der Waals surface area contributed by atoms with E-state index in [2.05, 4.69) is 6.07 Å². The van der Waals surface area contributed by atoms with Crippen LogP contribution in [0.15, 0.2) is 42.5 Å². The number of nitriles is 1. The Bertz CT molecular complexity index is 773. The molecule has 0 unspecified atom stereocenters. The summed E-state index contributed by atoms with van der Waals surface area (Å²) in [7, 11) is 0. The summed E-state index contributed by atoms with van der Waals surface area (Å²) in [5, 5.41) is 8.90. The normalized spacial score (nSPS) is 10.4. The Morgan fingerprint density at radius 3 is 2.40 bits per heavy atom. The summed E-state index contributed by atoms with van der Waals surface area (Å²) in [6.07, 6.45) is 0. The molecular weight excluding hydrogens is 312 g/mol. The highest BCUT2D eigenvalue weighted by atomic mass is 16.5. The van der Waals surface area contributed by atoms with Gasteiger partial charge in [0.25, 0.3) is 5.91 Å². The van der Waals surface area contributed by atoms with Crippen molar-refractivity contribution in [3.63, 3.8) is 0 Å². The summed E-state index contributed by atoms with van der Waals surface area (Å²) >= 11 is 0. The fourth-order valence-electron chi connectivity index (χ4n) is 2.64. The van der Waals surface area contributed by atoms with Crippen molar-refractivity contribution in [3.8, 4) is 11.8 Å². The van der Waals surface area contributed by atoms with Gasteiger partial charge in [-0.25, -0.2) is 0 Å². The zero-order chi connectivity index (χ0) is 18.4. The Morgan fingerprint density at radius 2 is 1.88 bits per heavy atom. The molecule has 2 aromatic carbocycles. The molecule has 0 fully saturated rings. The monoisotopic (exact) mass is 336 g/mol. The molecule has 0 saturated carbocycles. The SMILES string of the molecule is CCOc1ccc(C(=O)N(Cc2ccc(C#N)cc2)C(C)C)cc1C. The van der Waals surface area contributed by atoms with Crippen LogP contribution in [0.4, 0.5) is 0 Å². The van der Waals surface area contributed by atoms with Crippen molar-refractivity contribution >= 4 is 5.91 Å². The van der Waals surface area contributed by atoms with Crippen molar-refractivity contribution < 1.29 is 9.53 Å². The van der Waals surface area contributed by atoms with Gasteiger partial charge in [0, 0.05) is 18.2 Å². The number of rotatable bonds is 6. The highest BCUT2D eigenvalue weighted by Crippen LogP contribution is 2.21. The van der Waals surface area contributed by atoms with E-state index in [1.54, 1.807) is 12.1 Å². The molecule has 0 aliphatic carbocycles. The molecule has 0 saturated heterocycles. The van der Waals surface area contributed by atoms with E-state index in [1.807, 2.05) is 62.9 Å². The van der Waals surface area contributed by atoms with Crippen molar-refractivity contribution in [2.24, 2.45) is 0 Å². The van der Waals surface area contributed by atoms with Gasteiger partial charge in [0.2, 0.25) is 0 Å². The quantitative estimate of drug-likeness (QED) is 0.789. The number of hydrogen-bond acceptors (Lipinski definition) is 3. The molecule has 4 heteroatoms. The average Bonchev–Trinajstić information content (AvgIpc) is 2.61. The smallest absolute Gasteiger partial charge is 0.254 e. The first-order valence-electron chi connectivity index (χ1n) is 8.49. The number of carbonyl (C=O) groups is 1. The minimum atomic E-state index is -0.00879. The van der Waals surface area contributed by atoms with Crippen LogP contribution < -0.4 is 4.74 Å². The van der Waals surface area contributed by atoms with Gasteiger partial charge in [0.05, 0.1) is 18.2 Å². The van der Waals surface area contributed by atoms with E-state index in [9.17, 15) is 4.79 Å². The van der Waals surface area contributed by atoms with Gasteiger partial charge in [-0.2, -0.15) is 5.26 Å². The van der Waals surface area contributed by atoms with Gasteiger partial charge in [-0.05, 0) is 69.2 Å². The van der Waals surface area contributed by atoms with Crippen molar-refractivity contribution in [1.82, 2.24) is 4.90 Å². The molecule has 0 aliphatic rings. The van der Waals surface area contributed by atoms with Crippen LogP contribution >= 0.6 is 0 Å². The van der Waals surface area contributed by atoms with Gasteiger partial charge in [0.15, 0.2) is 0 Å². The lowest BCUT2D eigenvalue weighted by atomic mass is 10.1. The molecule has 0 bridgehead atoms. The van der Waals surface area contributed by atoms with Crippen LogP contribution in [0.3, 0.4) is 0 Å². The second kappa shape index (κ2) is 8.34. The minimum Gasteiger partial charge on any atom is -0.494 e. The van der Waals surface area contributed by atoms with Gasteiger partial charge in [-0.15, -0.1) is 0 Å². The van der Waals surface area contributed by atoms with Crippen LogP contribution in [-0.4, -0.2) is 23.5 Å². The lowest BCUT2D eigenvalue weighted by Crippen LogP contribution is -2.36. The predicted molar refractivity (Wildman–Crippen MR) is 98.5 cm³/mol. The molecule has 0 aromatic heterocycles. The van der Waals surface area contributed by atoms with Crippen LogP contribution in [0.25, 0.3) is 0 Å². The number of hydrogen-bond donors (Lipinski definition) is 0. The molecule has 0 spiro atoms. The average molecular weight is 336 g/mol. The molecule has 2 rings (SSSR count). The third-order valence-corrected chi connectivity index (χ3v) is 4.04. The first-order chi connectivity index (χ1) is 12.0. The summed E-state index contributed by atoms with van der Waals surface area (Å²) in [6, 6.07) is 15.1. The van der Waals surface area contributed by atoms with Crippen LogP contribution in [0.1, 0.15) is 47.8 Å². The standard InChI is InChI=1S/C21H24N2O2/c1-5-25-20-11-10-19(12-16(20)4)21(24)23(15(2)3)14-18-8-6-17(13-22)7-9-18/h6-12,15H,5,14H2,1-4H3. The molecule has 25 heavy (non-hydrogen) atoms. The molecule has 4 nitrogen and oxygen atoms in total. The van der Waals surface area contributed by atoms with Gasteiger partial charge >= 0.3 is 0 Å². The Labute approximate surface area is 149 Å². The summed E-state index contributed by atoms with van der Waals surface area (Å²) in [4.78, 5) is 14.8. The van der Waals surface area contributed by atoms with E-state index in [-0.39, 0.29) is 11.9 Å². The van der Waals surface area contributed by atoms with Crippen LogP contribution in [-0.2, 0) is 6.54 Å². The lowest BCUT2D eigenvalue weighted by molar-refractivity contribution is 0.0690. The van der Waals surface area contributed by atoms with E-state index in [1.165, 1.54) is 0 Å². The summed E-state index contributed by atoms with van der Waals surface area (Å²) in [5.74, 6) is 0.799. The minimum absolute atomic E-state index is 0.00879. The zero-order valence-corrected chi connectivity index (χ0v) is 15.2. The highest BCUT2D eigenvalue weighted by Gasteiger charge is 2.20. The Balaban J connectivity index is 2.22. The second-order valence-corrected chi connectivity index (χ2v) is 6.25. The highest BCUT2D eigenvalue weighted by molar-refractivity contribution is 5.94. The van der Waals surface area contributed by atoms with Crippen LogP contribution in [0.5, 0.6) is 5.75 Å². The number of aryl methyl sites for hydroxylation is 1. The Kier molecular flexibility index (Phi) is 6.19. The van der Waals surface area contributed by atoms with E-state index in [4.69, 9.17) is 10.00 Å². The van der Waals surface area contributed by atoms with Crippen molar-refractivity contribution in [2.45, 2.75) is 40.3 Å². The third kappa shape index (κ3) is 4.60. The maximum Gasteiger partial charge on any atom is 0.254 e. The number of benzene rings is 2. The van der Waals surface area contributed by atoms with Crippen molar-refractivity contribution in [3.05, 3.63) is 64.7 Å². The maximum absolute atomic E-state index is 13.0. The van der Waals surface area contributed by atoms with E-state index in [0.717, 1.165) is 16.9 Å². The molecule has 0 atom stereocenters. The Hall–Kier alpha value is -2.80. The molecule has 0 radical (unpaired) electrons. The first-order valence-corrected chi connectivity index (χ1v) is 8.49. The molecule has 0 heterocycles. The number of nitrogens with zero attached hydrogens (tertiary/aromatic N) is 2.